The van der Waals surface area contributed by atoms with Gasteiger partial charge in [-0.15, -0.1) is 0 Å². The van der Waals surface area contributed by atoms with Crippen LogP contribution >= 0.6 is 0 Å². The van der Waals surface area contributed by atoms with E-state index < -0.39 is 0 Å². The summed E-state index contributed by atoms with van der Waals surface area (Å²) < 4.78 is 5.94. The Bertz CT molecular complexity index is 1120. The maximum Gasteiger partial charge on any atom is 0.222 e. The van der Waals surface area contributed by atoms with E-state index in [1.165, 1.54) is 22.3 Å². The van der Waals surface area contributed by atoms with Crippen molar-refractivity contribution in [3.8, 4) is 5.75 Å². The van der Waals surface area contributed by atoms with Crippen molar-refractivity contribution in [3.63, 3.8) is 0 Å². The lowest BCUT2D eigenvalue weighted by Crippen LogP contribution is -2.27. The van der Waals surface area contributed by atoms with E-state index >= 15 is 0 Å². The molecule has 1 amide bonds. The molecule has 36 heavy (non-hydrogen) atoms. The van der Waals surface area contributed by atoms with Crippen molar-refractivity contribution in [2.24, 2.45) is 0 Å². The fourth-order valence-corrected chi connectivity index (χ4v) is 4.78. The minimum atomic E-state index is 0.292. The van der Waals surface area contributed by atoms with Gasteiger partial charge in [0.2, 0.25) is 5.91 Å². The molecule has 4 nitrogen and oxygen atoms in total. The number of carbonyl (C=O) groups is 1. The molecule has 1 saturated heterocycles. The van der Waals surface area contributed by atoms with E-state index in [2.05, 4.69) is 89.8 Å². The first-order valence-electron chi connectivity index (χ1n) is 13.1. The van der Waals surface area contributed by atoms with Crippen molar-refractivity contribution in [3.05, 3.63) is 102 Å². The Morgan fingerprint density at radius 2 is 1.36 bits per heavy atom. The highest BCUT2D eigenvalue weighted by molar-refractivity contribution is 5.98. The molecule has 0 N–H and O–H groups in total. The standard InChI is InChI=1S/C32H38N2O2/c1-33(2)24-25-36-29-20-18-28(19-21-29)32(27-14-7-4-8-15-27)30(26-12-5-3-6-13-26)16-11-17-31(35)34-22-9-10-23-34/h3-8,12-15,18-21H,9-11,16-17,22-25H2,1-2H3/b32-30-. The second-order valence-electron chi connectivity index (χ2n) is 9.70. The summed E-state index contributed by atoms with van der Waals surface area (Å²) in [4.78, 5) is 16.9. The van der Waals surface area contributed by atoms with Gasteiger partial charge in [0.25, 0.3) is 0 Å². The first-order valence-corrected chi connectivity index (χ1v) is 13.1. The van der Waals surface area contributed by atoms with Crippen molar-refractivity contribution in [1.29, 1.82) is 0 Å². The van der Waals surface area contributed by atoms with Crippen LogP contribution in [0.1, 0.15) is 48.8 Å². The Hall–Kier alpha value is -3.37. The lowest BCUT2D eigenvalue weighted by atomic mass is 9.87. The molecule has 3 aromatic carbocycles. The van der Waals surface area contributed by atoms with E-state index in [0.717, 1.165) is 56.6 Å². The quantitative estimate of drug-likeness (QED) is 0.297. The first kappa shape index (κ1) is 25.7. The normalized spacial score (nSPS) is 14.1. The number of hydrogen-bond donors (Lipinski definition) is 0. The van der Waals surface area contributed by atoms with Crippen LogP contribution in [0, 0.1) is 0 Å². The van der Waals surface area contributed by atoms with E-state index in [-0.39, 0.29) is 0 Å². The number of ether oxygens (including phenoxy) is 1. The van der Waals surface area contributed by atoms with Crippen LogP contribution in [0.15, 0.2) is 84.9 Å². The summed E-state index contributed by atoms with van der Waals surface area (Å²) in [5.41, 5.74) is 6.04. The lowest BCUT2D eigenvalue weighted by molar-refractivity contribution is -0.130. The third-order valence-electron chi connectivity index (χ3n) is 6.71. The Morgan fingerprint density at radius 3 is 1.97 bits per heavy atom. The van der Waals surface area contributed by atoms with E-state index in [1.54, 1.807) is 0 Å². The topological polar surface area (TPSA) is 32.8 Å². The summed E-state index contributed by atoms with van der Waals surface area (Å²) in [5.74, 6) is 1.17. The number of carbonyl (C=O) groups excluding carboxylic acids is 1. The number of benzene rings is 3. The number of rotatable bonds is 11. The maximum atomic E-state index is 12.7. The van der Waals surface area contributed by atoms with Gasteiger partial charge in [-0.25, -0.2) is 0 Å². The molecule has 1 fully saturated rings. The molecule has 0 spiro atoms. The molecule has 0 bridgehead atoms. The largest absolute Gasteiger partial charge is 0.492 e. The van der Waals surface area contributed by atoms with Crippen molar-refractivity contribution < 1.29 is 9.53 Å². The molecule has 0 radical (unpaired) electrons. The Balaban J connectivity index is 1.65. The summed E-state index contributed by atoms with van der Waals surface area (Å²) in [6.45, 7) is 3.37. The Morgan fingerprint density at radius 1 is 0.778 bits per heavy atom. The third kappa shape index (κ3) is 7.08. The molecular weight excluding hydrogens is 444 g/mol. The summed E-state index contributed by atoms with van der Waals surface area (Å²) in [6, 6.07) is 29.6. The minimum Gasteiger partial charge on any atom is -0.492 e. The molecule has 0 unspecified atom stereocenters. The van der Waals surface area contributed by atoms with Gasteiger partial charge in [-0.3, -0.25) is 4.79 Å². The highest BCUT2D eigenvalue weighted by Crippen LogP contribution is 2.36. The molecule has 0 saturated carbocycles. The Labute approximate surface area is 216 Å². The van der Waals surface area contributed by atoms with Crippen LogP contribution in [0.25, 0.3) is 11.1 Å². The average Bonchev–Trinajstić information content (AvgIpc) is 3.45. The van der Waals surface area contributed by atoms with Crippen molar-refractivity contribution in [2.45, 2.75) is 32.1 Å². The number of nitrogens with zero attached hydrogens (tertiary/aromatic N) is 2. The highest BCUT2D eigenvalue weighted by Gasteiger charge is 2.19. The average molecular weight is 483 g/mol. The summed E-state index contributed by atoms with van der Waals surface area (Å²) in [7, 11) is 4.10. The van der Waals surface area contributed by atoms with E-state index in [1.807, 2.05) is 19.0 Å². The monoisotopic (exact) mass is 482 g/mol. The van der Waals surface area contributed by atoms with Crippen LogP contribution in [-0.2, 0) is 4.79 Å². The van der Waals surface area contributed by atoms with Crippen molar-refractivity contribution in [1.82, 2.24) is 9.80 Å². The van der Waals surface area contributed by atoms with Crippen LogP contribution in [0.2, 0.25) is 0 Å². The van der Waals surface area contributed by atoms with Gasteiger partial charge >= 0.3 is 0 Å². The van der Waals surface area contributed by atoms with Crippen LogP contribution < -0.4 is 4.74 Å². The first-order chi connectivity index (χ1) is 17.6. The number of allylic oxidation sites excluding steroid dienone is 1. The fraction of sp³-hybridized carbons (Fsp3) is 0.344. The van der Waals surface area contributed by atoms with E-state index in [4.69, 9.17) is 4.74 Å². The SMILES string of the molecule is CN(C)CCOc1ccc(/C(=C(/CCCC(=O)N2CCCC2)c2ccccc2)c2ccccc2)cc1. The number of likely N-dealkylation sites (N-methyl/N-ethyl adjacent to an activating group) is 1. The summed E-state index contributed by atoms with van der Waals surface area (Å²) >= 11 is 0. The van der Waals surface area contributed by atoms with Gasteiger partial charge in [0.15, 0.2) is 0 Å². The lowest BCUT2D eigenvalue weighted by Gasteiger charge is -2.19. The van der Waals surface area contributed by atoms with Gasteiger partial charge in [-0.1, -0.05) is 72.8 Å². The zero-order valence-electron chi connectivity index (χ0n) is 21.7. The van der Waals surface area contributed by atoms with Gasteiger partial charge in [0.05, 0.1) is 0 Å². The van der Waals surface area contributed by atoms with Gasteiger partial charge < -0.3 is 14.5 Å². The van der Waals surface area contributed by atoms with Crippen LogP contribution in [0.4, 0.5) is 0 Å². The molecule has 4 rings (SSSR count). The predicted octanol–water partition coefficient (Wildman–Crippen LogP) is 6.38. The van der Waals surface area contributed by atoms with Crippen LogP contribution in [-0.4, -0.2) is 56.0 Å². The fourth-order valence-electron chi connectivity index (χ4n) is 4.78. The smallest absolute Gasteiger partial charge is 0.222 e. The molecular formula is C32H38N2O2. The van der Waals surface area contributed by atoms with Crippen molar-refractivity contribution >= 4 is 17.1 Å². The molecule has 0 aromatic heterocycles. The number of hydrogen-bond acceptors (Lipinski definition) is 3. The zero-order valence-corrected chi connectivity index (χ0v) is 21.7. The van der Waals surface area contributed by atoms with Gasteiger partial charge in [-0.05, 0) is 79.7 Å². The van der Waals surface area contributed by atoms with Gasteiger partial charge in [0, 0.05) is 26.1 Å². The van der Waals surface area contributed by atoms with E-state index in [0.29, 0.717) is 18.9 Å². The molecule has 4 heteroatoms. The molecule has 1 aliphatic rings. The summed E-state index contributed by atoms with van der Waals surface area (Å²) in [5, 5.41) is 0. The number of likely N-dealkylation sites (tertiary alicyclic amines) is 1. The molecule has 0 aliphatic carbocycles. The van der Waals surface area contributed by atoms with E-state index in [9.17, 15) is 4.79 Å². The second-order valence-corrected chi connectivity index (χ2v) is 9.70. The predicted molar refractivity (Wildman–Crippen MR) is 149 cm³/mol. The molecule has 188 valence electrons. The molecule has 3 aromatic rings. The Kier molecular flexibility index (Phi) is 9.34. The highest BCUT2D eigenvalue weighted by atomic mass is 16.5. The van der Waals surface area contributed by atoms with Gasteiger partial charge in [0.1, 0.15) is 12.4 Å². The minimum absolute atomic E-state index is 0.292. The third-order valence-corrected chi connectivity index (χ3v) is 6.71. The molecule has 1 aliphatic heterocycles. The van der Waals surface area contributed by atoms with Crippen LogP contribution in [0.5, 0.6) is 5.75 Å². The summed E-state index contributed by atoms with van der Waals surface area (Å²) in [6.07, 6.45) is 4.54. The van der Waals surface area contributed by atoms with Crippen LogP contribution in [0.3, 0.4) is 0 Å². The van der Waals surface area contributed by atoms with Gasteiger partial charge in [-0.2, -0.15) is 0 Å². The molecule has 1 heterocycles. The second kappa shape index (κ2) is 13.1. The zero-order chi connectivity index (χ0) is 25.2. The number of amides is 1. The van der Waals surface area contributed by atoms with Crippen molar-refractivity contribution in [2.75, 3.05) is 40.3 Å². The maximum absolute atomic E-state index is 12.7. The molecule has 0 atom stereocenters.